The Balaban J connectivity index is 2.53. The Morgan fingerprint density at radius 1 is 1.67 bits per heavy atom. The lowest BCUT2D eigenvalue weighted by molar-refractivity contribution is 0.432. The predicted octanol–water partition coefficient (Wildman–Crippen LogP) is 2.58. The van der Waals surface area contributed by atoms with Gasteiger partial charge in [-0.2, -0.15) is 0 Å². The Hall–Kier alpha value is -0.410. The SMILES string of the molecule is CCCC(C)C(N)c1nccs1. The van der Waals surface area contributed by atoms with Gasteiger partial charge in [-0.15, -0.1) is 11.3 Å². The van der Waals surface area contributed by atoms with Gasteiger partial charge < -0.3 is 5.73 Å². The van der Waals surface area contributed by atoms with Crippen LogP contribution in [0.1, 0.15) is 37.7 Å². The summed E-state index contributed by atoms with van der Waals surface area (Å²) in [5, 5.41) is 3.05. The Morgan fingerprint density at radius 2 is 2.42 bits per heavy atom. The second-order valence-corrected chi connectivity index (χ2v) is 4.09. The van der Waals surface area contributed by atoms with Crippen LogP contribution in [-0.4, -0.2) is 4.98 Å². The molecule has 1 aromatic rings. The highest BCUT2D eigenvalue weighted by molar-refractivity contribution is 7.09. The fraction of sp³-hybridized carbons (Fsp3) is 0.667. The standard InChI is InChI=1S/C9H16N2S/c1-3-4-7(2)8(10)9-11-5-6-12-9/h5-8H,3-4,10H2,1-2H3. The van der Waals surface area contributed by atoms with Gasteiger partial charge in [0, 0.05) is 11.6 Å². The first-order chi connectivity index (χ1) is 5.75. The van der Waals surface area contributed by atoms with Crippen LogP contribution in [0.2, 0.25) is 0 Å². The summed E-state index contributed by atoms with van der Waals surface area (Å²) in [4.78, 5) is 4.21. The zero-order valence-corrected chi connectivity index (χ0v) is 8.47. The van der Waals surface area contributed by atoms with Gasteiger partial charge in [-0.05, 0) is 12.3 Å². The molecule has 1 aromatic heterocycles. The molecule has 12 heavy (non-hydrogen) atoms. The topological polar surface area (TPSA) is 38.9 Å². The van der Waals surface area contributed by atoms with Gasteiger partial charge in [0.2, 0.25) is 0 Å². The minimum Gasteiger partial charge on any atom is -0.322 e. The number of hydrogen-bond donors (Lipinski definition) is 1. The third kappa shape index (κ3) is 2.29. The molecule has 3 heteroatoms. The Labute approximate surface area is 77.8 Å². The van der Waals surface area contributed by atoms with Crippen LogP contribution in [0.4, 0.5) is 0 Å². The van der Waals surface area contributed by atoms with Crippen LogP contribution in [0.15, 0.2) is 11.6 Å². The van der Waals surface area contributed by atoms with Gasteiger partial charge in [-0.25, -0.2) is 4.98 Å². The molecule has 68 valence electrons. The van der Waals surface area contributed by atoms with E-state index in [-0.39, 0.29) is 6.04 Å². The number of aromatic nitrogens is 1. The van der Waals surface area contributed by atoms with E-state index in [0.717, 1.165) is 5.01 Å². The maximum Gasteiger partial charge on any atom is 0.110 e. The summed E-state index contributed by atoms with van der Waals surface area (Å²) in [6.07, 6.45) is 4.19. The van der Waals surface area contributed by atoms with E-state index in [0.29, 0.717) is 5.92 Å². The maximum absolute atomic E-state index is 6.02. The molecule has 2 N–H and O–H groups in total. The summed E-state index contributed by atoms with van der Waals surface area (Å²) < 4.78 is 0. The first kappa shape index (κ1) is 9.68. The zero-order chi connectivity index (χ0) is 8.97. The van der Waals surface area contributed by atoms with Crippen molar-refractivity contribution < 1.29 is 0 Å². The lowest BCUT2D eigenvalue weighted by Gasteiger charge is -2.16. The van der Waals surface area contributed by atoms with Gasteiger partial charge in [-0.3, -0.25) is 0 Å². The van der Waals surface area contributed by atoms with E-state index in [1.54, 1.807) is 11.3 Å². The van der Waals surface area contributed by atoms with Gasteiger partial charge in [0.1, 0.15) is 5.01 Å². The van der Waals surface area contributed by atoms with Gasteiger partial charge in [0.05, 0.1) is 6.04 Å². The highest BCUT2D eigenvalue weighted by Gasteiger charge is 2.15. The zero-order valence-electron chi connectivity index (χ0n) is 7.66. The first-order valence-electron chi connectivity index (χ1n) is 4.40. The van der Waals surface area contributed by atoms with Crippen LogP contribution in [0, 0.1) is 5.92 Å². The second kappa shape index (κ2) is 4.58. The third-order valence-electron chi connectivity index (χ3n) is 2.09. The van der Waals surface area contributed by atoms with E-state index >= 15 is 0 Å². The molecule has 0 amide bonds. The fourth-order valence-corrected chi connectivity index (χ4v) is 2.05. The quantitative estimate of drug-likeness (QED) is 0.781. The van der Waals surface area contributed by atoms with E-state index in [4.69, 9.17) is 5.73 Å². The Kier molecular flexibility index (Phi) is 3.69. The smallest absolute Gasteiger partial charge is 0.110 e. The Bertz CT molecular complexity index is 208. The van der Waals surface area contributed by atoms with Crippen molar-refractivity contribution in [2.45, 2.75) is 32.7 Å². The van der Waals surface area contributed by atoms with E-state index in [9.17, 15) is 0 Å². The van der Waals surface area contributed by atoms with Crippen molar-refractivity contribution in [3.63, 3.8) is 0 Å². The normalized spacial score (nSPS) is 15.9. The van der Waals surface area contributed by atoms with E-state index in [1.807, 2.05) is 11.6 Å². The largest absolute Gasteiger partial charge is 0.322 e. The van der Waals surface area contributed by atoms with Crippen molar-refractivity contribution in [2.75, 3.05) is 0 Å². The highest BCUT2D eigenvalue weighted by Crippen LogP contribution is 2.24. The molecule has 2 unspecified atom stereocenters. The number of hydrogen-bond acceptors (Lipinski definition) is 3. The molecule has 0 bridgehead atoms. The summed E-state index contributed by atoms with van der Waals surface area (Å²) in [7, 11) is 0. The molecular formula is C9H16N2S. The summed E-state index contributed by atoms with van der Waals surface area (Å²) in [6.45, 7) is 4.38. The molecule has 0 aliphatic rings. The molecule has 0 saturated heterocycles. The summed E-state index contributed by atoms with van der Waals surface area (Å²) in [5.41, 5.74) is 6.02. The van der Waals surface area contributed by atoms with Crippen LogP contribution < -0.4 is 5.73 Å². The average molecular weight is 184 g/mol. The lowest BCUT2D eigenvalue weighted by Crippen LogP contribution is -2.18. The van der Waals surface area contributed by atoms with Crippen molar-refractivity contribution in [2.24, 2.45) is 11.7 Å². The minimum atomic E-state index is 0.130. The number of rotatable bonds is 4. The summed E-state index contributed by atoms with van der Waals surface area (Å²) >= 11 is 1.65. The molecule has 1 heterocycles. The van der Waals surface area contributed by atoms with Crippen LogP contribution in [0.3, 0.4) is 0 Å². The number of nitrogens with two attached hydrogens (primary N) is 1. The van der Waals surface area contributed by atoms with Crippen LogP contribution in [-0.2, 0) is 0 Å². The molecule has 0 saturated carbocycles. The molecule has 0 aliphatic heterocycles. The fourth-order valence-electron chi connectivity index (χ4n) is 1.28. The van der Waals surface area contributed by atoms with Crippen LogP contribution >= 0.6 is 11.3 Å². The molecule has 0 aliphatic carbocycles. The monoisotopic (exact) mass is 184 g/mol. The average Bonchev–Trinajstić information content (AvgIpc) is 2.55. The van der Waals surface area contributed by atoms with E-state index < -0.39 is 0 Å². The van der Waals surface area contributed by atoms with Gasteiger partial charge in [0.15, 0.2) is 0 Å². The van der Waals surface area contributed by atoms with Crippen molar-refractivity contribution in [3.05, 3.63) is 16.6 Å². The number of thiazole rings is 1. The summed E-state index contributed by atoms with van der Waals surface area (Å²) in [6, 6.07) is 0.130. The molecule has 0 fully saturated rings. The molecule has 2 atom stereocenters. The van der Waals surface area contributed by atoms with Crippen molar-refractivity contribution >= 4 is 11.3 Å². The first-order valence-corrected chi connectivity index (χ1v) is 5.28. The highest BCUT2D eigenvalue weighted by atomic mass is 32.1. The minimum absolute atomic E-state index is 0.130. The molecule has 1 rings (SSSR count). The van der Waals surface area contributed by atoms with Gasteiger partial charge >= 0.3 is 0 Å². The Morgan fingerprint density at radius 3 is 2.92 bits per heavy atom. The molecule has 2 nitrogen and oxygen atoms in total. The van der Waals surface area contributed by atoms with Crippen LogP contribution in [0.5, 0.6) is 0 Å². The molecule has 0 aromatic carbocycles. The predicted molar refractivity (Wildman–Crippen MR) is 53.1 cm³/mol. The van der Waals surface area contributed by atoms with Gasteiger partial charge in [0.25, 0.3) is 0 Å². The number of nitrogens with zero attached hydrogens (tertiary/aromatic N) is 1. The van der Waals surface area contributed by atoms with Gasteiger partial charge in [-0.1, -0.05) is 20.3 Å². The second-order valence-electron chi connectivity index (χ2n) is 3.16. The maximum atomic E-state index is 6.02. The van der Waals surface area contributed by atoms with Crippen molar-refractivity contribution in [1.82, 2.24) is 4.98 Å². The van der Waals surface area contributed by atoms with E-state index in [1.165, 1.54) is 12.8 Å². The summed E-state index contributed by atoms with van der Waals surface area (Å²) in [5.74, 6) is 0.543. The lowest BCUT2D eigenvalue weighted by atomic mass is 9.98. The molecule has 0 radical (unpaired) electrons. The third-order valence-corrected chi connectivity index (χ3v) is 2.97. The van der Waals surface area contributed by atoms with Crippen molar-refractivity contribution in [3.8, 4) is 0 Å². The molecule has 0 spiro atoms. The van der Waals surface area contributed by atoms with E-state index in [2.05, 4.69) is 18.8 Å². The van der Waals surface area contributed by atoms with Crippen molar-refractivity contribution in [1.29, 1.82) is 0 Å². The van der Waals surface area contributed by atoms with Crippen LogP contribution in [0.25, 0.3) is 0 Å². The molecular weight excluding hydrogens is 168 g/mol.